The molecule has 5 rings (SSSR count). The summed E-state index contributed by atoms with van der Waals surface area (Å²) in [6, 6.07) is 0. The maximum absolute atomic E-state index is 12.5. The molecule has 1 saturated heterocycles. The number of ketones is 1. The van der Waals surface area contributed by atoms with Gasteiger partial charge in [-0.1, -0.05) is 13.8 Å². The summed E-state index contributed by atoms with van der Waals surface area (Å²) in [5, 5.41) is 45.1. The monoisotopic (exact) mass is 392 g/mol. The van der Waals surface area contributed by atoms with Crippen molar-refractivity contribution in [2.75, 3.05) is 6.61 Å². The van der Waals surface area contributed by atoms with E-state index in [1.165, 1.54) is 12.2 Å². The van der Waals surface area contributed by atoms with Crippen LogP contribution in [-0.4, -0.2) is 68.5 Å². The Morgan fingerprint density at radius 2 is 1.86 bits per heavy atom. The molecule has 2 bridgehead atoms. The Morgan fingerprint density at radius 3 is 2.54 bits per heavy atom. The molecule has 3 aliphatic carbocycles. The van der Waals surface area contributed by atoms with Gasteiger partial charge in [0.1, 0.15) is 18.3 Å². The molecule has 1 spiro atoms. The number of rotatable bonds is 0. The van der Waals surface area contributed by atoms with E-state index in [0.29, 0.717) is 11.1 Å². The summed E-state index contributed by atoms with van der Waals surface area (Å²) in [6.07, 6.45) is -1.37. The molecular weight excluding hydrogens is 368 g/mol. The summed E-state index contributed by atoms with van der Waals surface area (Å²) >= 11 is 0. The lowest BCUT2D eigenvalue weighted by atomic mass is 9.38. The number of fused-ring (bicyclic) bond motifs is 1. The van der Waals surface area contributed by atoms with Crippen LogP contribution in [0.4, 0.5) is 0 Å². The number of hydrogen-bond acceptors (Lipinski definition) is 8. The number of esters is 1. The van der Waals surface area contributed by atoms with E-state index in [1.807, 2.05) is 0 Å². The molecule has 28 heavy (non-hydrogen) atoms. The summed E-state index contributed by atoms with van der Waals surface area (Å²) in [5.41, 5.74) is -3.44. The van der Waals surface area contributed by atoms with Crippen molar-refractivity contribution < 1.29 is 39.5 Å². The van der Waals surface area contributed by atoms with E-state index in [-0.39, 0.29) is 13.0 Å². The predicted molar refractivity (Wildman–Crippen MR) is 92.4 cm³/mol. The largest absolute Gasteiger partial charge is 0.458 e. The lowest BCUT2D eigenvalue weighted by Crippen LogP contribution is -2.78. The van der Waals surface area contributed by atoms with Crippen LogP contribution < -0.4 is 0 Å². The molecule has 3 fully saturated rings. The van der Waals surface area contributed by atoms with Crippen LogP contribution in [0.15, 0.2) is 23.3 Å². The van der Waals surface area contributed by atoms with Gasteiger partial charge in [-0.15, -0.1) is 0 Å². The molecule has 0 aromatic rings. The van der Waals surface area contributed by atoms with Crippen LogP contribution >= 0.6 is 0 Å². The minimum Gasteiger partial charge on any atom is -0.458 e. The van der Waals surface area contributed by atoms with Gasteiger partial charge in [0, 0.05) is 29.7 Å². The quantitative estimate of drug-likeness (QED) is 0.394. The molecule has 0 radical (unpaired) electrons. The normalized spacial score (nSPS) is 57.0. The van der Waals surface area contributed by atoms with Gasteiger partial charge >= 0.3 is 5.97 Å². The van der Waals surface area contributed by atoms with Crippen LogP contribution in [0, 0.1) is 22.7 Å². The van der Waals surface area contributed by atoms with Crippen LogP contribution in [0.2, 0.25) is 0 Å². The summed E-state index contributed by atoms with van der Waals surface area (Å²) in [6.45, 7) is 4.77. The van der Waals surface area contributed by atoms with Crippen molar-refractivity contribution in [3.8, 4) is 0 Å². The summed E-state index contributed by atoms with van der Waals surface area (Å²) in [5.74, 6) is -4.93. The van der Waals surface area contributed by atoms with Gasteiger partial charge < -0.3 is 29.9 Å². The van der Waals surface area contributed by atoms with Crippen molar-refractivity contribution in [2.45, 2.75) is 56.9 Å². The Morgan fingerprint density at radius 1 is 1.18 bits per heavy atom. The molecule has 4 N–H and O–H groups in total. The van der Waals surface area contributed by atoms with Gasteiger partial charge in [0.15, 0.2) is 11.6 Å². The molecule has 8 nitrogen and oxygen atoms in total. The van der Waals surface area contributed by atoms with E-state index in [4.69, 9.17) is 9.47 Å². The second kappa shape index (κ2) is 4.94. The van der Waals surface area contributed by atoms with Crippen molar-refractivity contribution >= 4 is 11.8 Å². The van der Waals surface area contributed by atoms with Gasteiger partial charge in [-0.25, -0.2) is 4.79 Å². The minimum atomic E-state index is -2.11. The molecule has 2 aliphatic heterocycles. The van der Waals surface area contributed by atoms with Crippen molar-refractivity contribution in [1.82, 2.24) is 0 Å². The van der Waals surface area contributed by atoms with Gasteiger partial charge in [0.05, 0.1) is 17.6 Å². The van der Waals surface area contributed by atoms with E-state index in [0.717, 1.165) is 0 Å². The molecule has 0 aromatic carbocycles. The average molecular weight is 392 g/mol. The van der Waals surface area contributed by atoms with Crippen molar-refractivity contribution in [3.63, 3.8) is 0 Å². The van der Waals surface area contributed by atoms with Gasteiger partial charge in [0.2, 0.25) is 0 Å². The zero-order valence-corrected chi connectivity index (χ0v) is 15.9. The van der Waals surface area contributed by atoms with E-state index >= 15 is 0 Å². The van der Waals surface area contributed by atoms with Crippen LogP contribution in [-0.2, 0) is 19.1 Å². The van der Waals surface area contributed by atoms with Crippen LogP contribution in [0.1, 0.15) is 27.2 Å². The Kier molecular flexibility index (Phi) is 3.25. The SMILES string of the molecule is CC1=CC(=O)[C@@H](O)[C@]2(C)[C@H]3[C@@]4(O)OC[C@]35C(=CC(=O)O[C@@H]5C[C@@]12O)[C@@H](C)[C@H]4O. The second-order valence-corrected chi connectivity index (χ2v) is 9.25. The third-order valence-electron chi connectivity index (χ3n) is 8.32. The third-order valence-corrected chi connectivity index (χ3v) is 8.32. The summed E-state index contributed by atoms with van der Waals surface area (Å²) in [4.78, 5) is 24.8. The Hall–Kier alpha value is -1.58. The molecule has 2 heterocycles. The lowest BCUT2D eigenvalue weighted by Gasteiger charge is -2.67. The first kappa shape index (κ1) is 18.4. The zero-order valence-electron chi connectivity index (χ0n) is 15.9. The van der Waals surface area contributed by atoms with Crippen molar-refractivity contribution in [1.29, 1.82) is 0 Å². The molecule has 0 aromatic heterocycles. The average Bonchev–Trinajstić information content (AvgIpc) is 2.92. The summed E-state index contributed by atoms with van der Waals surface area (Å²) < 4.78 is 11.4. The Balaban J connectivity index is 1.86. The number of hydrogen-bond donors (Lipinski definition) is 4. The van der Waals surface area contributed by atoms with Crippen LogP contribution in [0.25, 0.3) is 0 Å². The number of carbonyl (C=O) groups excluding carboxylic acids is 2. The van der Waals surface area contributed by atoms with Crippen LogP contribution in [0.5, 0.6) is 0 Å². The molecular formula is C20H24O8. The van der Waals surface area contributed by atoms with E-state index in [1.54, 1.807) is 20.8 Å². The Bertz CT molecular complexity index is 877. The molecule has 5 aliphatic rings. The highest BCUT2D eigenvalue weighted by Crippen LogP contribution is 2.73. The number of ether oxygens (including phenoxy) is 2. The smallest absolute Gasteiger partial charge is 0.331 e. The topological polar surface area (TPSA) is 134 Å². The minimum absolute atomic E-state index is 0.0436. The van der Waals surface area contributed by atoms with E-state index in [2.05, 4.69) is 0 Å². The fourth-order valence-corrected chi connectivity index (χ4v) is 6.96. The maximum atomic E-state index is 12.5. The van der Waals surface area contributed by atoms with Crippen molar-refractivity contribution in [2.24, 2.45) is 22.7 Å². The third kappa shape index (κ3) is 1.60. The standard InChI is InChI=1S/C20H24O8/c1-8-4-11(21)15(24)17(3)16-18-7-27-20(16,26)14(23)9(2)10(18)5-13(22)28-12(18)6-19(8,17)25/h4-5,9,12,14-16,23-26H,6-7H2,1-3H3/t9-,12-,14-,15-,16-,17-,18-,19-,20+/m1/s1. The van der Waals surface area contributed by atoms with E-state index < -0.39 is 64.1 Å². The maximum Gasteiger partial charge on any atom is 0.331 e. The van der Waals surface area contributed by atoms with Crippen molar-refractivity contribution in [3.05, 3.63) is 23.3 Å². The van der Waals surface area contributed by atoms with Gasteiger partial charge in [-0.2, -0.15) is 0 Å². The molecule has 9 atom stereocenters. The predicted octanol–water partition coefficient (Wildman–Crippen LogP) is -0.799. The molecule has 2 saturated carbocycles. The first-order valence-corrected chi connectivity index (χ1v) is 9.54. The lowest BCUT2D eigenvalue weighted by molar-refractivity contribution is -0.326. The highest BCUT2D eigenvalue weighted by Gasteiger charge is 2.83. The van der Waals surface area contributed by atoms with Gasteiger partial charge in [-0.05, 0) is 24.1 Å². The number of aliphatic hydroxyl groups is 4. The van der Waals surface area contributed by atoms with Crippen LogP contribution in [0.3, 0.4) is 0 Å². The Labute approximate surface area is 161 Å². The van der Waals surface area contributed by atoms with Gasteiger partial charge in [-0.3, -0.25) is 4.79 Å². The van der Waals surface area contributed by atoms with Gasteiger partial charge in [0.25, 0.3) is 0 Å². The fraction of sp³-hybridized carbons (Fsp3) is 0.700. The molecule has 0 amide bonds. The summed E-state index contributed by atoms with van der Waals surface area (Å²) in [7, 11) is 0. The second-order valence-electron chi connectivity index (χ2n) is 9.25. The molecule has 152 valence electrons. The highest BCUT2D eigenvalue weighted by atomic mass is 16.6. The number of carbonyl (C=O) groups is 2. The number of aliphatic hydroxyl groups excluding tert-OH is 2. The first-order valence-electron chi connectivity index (χ1n) is 9.54. The first-order chi connectivity index (χ1) is 12.9. The van der Waals surface area contributed by atoms with E-state index in [9.17, 15) is 30.0 Å². The highest BCUT2D eigenvalue weighted by molar-refractivity contribution is 5.96. The zero-order chi connectivity index (χ0) is 20.4. The molecule has 0 unspecified atom stereocenters. The molecule has 8 heteroatoms. The fourth-order valence-electron chi connectivity index (χ4n) is 6.96.